The summed E-state index contributed by atoms with van der Waals surface area (Å²) in [4.78, 5) is 11.9. The molecule has 0 fully saturated rings. The van der Waals surface area contributed by atoms with Crippen LogP contribution >= 0.6 is 0 Å². The quantitative estimate of drug-likeness (QED) is 0.897. The second-order valence-corrected chi connectivity index (χ2v) is 4.98. The second-order valence-electron chi connectivity index (χ2n) is 4.98. The predicted octanol–water partition coefficient (Wildman–Crippen LogP) is 2.18. The summed E-state index contributed by atoms with van der Waals surface area (Å²) in [5.41, 5.74) is 10.2. The third kappa shape index (κ3) is 2.44. The molecule has 0 radical (unpaired) electrons. The average molecular weight is 257 g/mol. The Morgan fingerprint density at radius 1 is 1.21 bits per heavy atom. The molecule has 2 N–H and O–H groups in total. The van der Waals surface area contributed by atoms with Crippen LogP contribution < -0.4 is 11.2 Å². The van der Waals surface area contributed by atoms with Crippen LogP contribution in [-0.2, 0) is 0 Å². The van der Waals surface area contributed by atoms with Gasteiger partial charge in [0, 0.05) is 17.8 Å². The number of nitrogens with zero attached hydrogens (tertiary/aromatic N) is 2. The van der Waals surface area contributed by atoms with Crippen molar-refractivity contribution in [2.45, 2.75) is 33.7 Å². The van der Waals surface area contributed by atoms with Crippen molar-refractivity contribution in [1.29, 1.82) is 0 Å². The van der Waals surface area contributed by atoms with Gasteiger partial charge < -0.3 is 5.73 Å². The molecule has 0 aliphatic carbocycles. The van der Waals surface area contributed by atoms with Crippen molar-refractivity contribution in [3.63, 3.8) is 0 Å². The zero-order chi connectivity index (χ0) is 14.2. The number of aromatic nitrogens is 2. The first-order valence-electron chi connectivity index (χ1n) is 6.35. The van der Waals surface area contributed by atoms with Crippen LogP contribution in [0.25, 0.3) is 5.69 Å². The maximum Gasteiger partial charge on any atom is 0.205 e. The van der Waals surface area contributed by atoms with E-state index in [2.05, 4.69) is 5.10 Å². The third-order valence-corrected chi connectivity index (χ3v) is 3.22. The molecule has 1 heterocycles. The van der Waals surface area contributed by atoms with Crippen LogP contribution in [0.15, 0.2) is 29.1 Å². The van der Waals surface area contributed by atoms with Crippen molar-refractivity contribution in [3.05, 3.63) is 57.0 Å². The van der Waals surface area contributed by atoms with E-state index in [-0.39, 0.29) is 11.5 Å². The first-order valence-corrected chi connectivity index (χ1v) is 6.35. The van der Waals surface area contributed by atoms with Gasteiger partial charge in [0.2, 0.25) is 5.43 Å². The number of para-hydroxylation sites is 1. The van der Waals surface area contributed by atoms with Crippen molar-refractivity contribution in [2.75, 3.05) is 0 Å². The number of aryl methyl sites for hydroxylation is 3. The van der Waals surface area contributed by atoms with Crippen LogP contribution in [-0.4, -0.2) is 9.78 Å². The summed E-state index contributed by atoms with van der Waals surface area (Å²) >= 11 is 0. The van der Waals surface area contributed by atoms with Gasteiger partial charge in [0.1, 0.15) is 5.69 Å². The van der Waals surface area contributed by atoms with Gasteiger partial charge in [-0.3, -0.25) is 4.79 Å². The van der Waals surface area contributed by atoms with Crippen molar-refractivity contribution in [1.82, 2.24) is 9.78 Å². The van der Waals surface area contributed by atoms with Gasteiger partial charge in [-0.15, -0.1) is 0 Å². The largest absolute Gasteiger partial charge is 0.323 e. The fourth-order valence-corrected chi connectivity index (χ4v) is 2.24. The highest BCUT2D eigenvalue weighted by atomic mass is 16.1. The van der Waals surface area contributed by atoms with Gasteiger partial charge in [-0.05, 0) is 38.8 Å². The standard InChI is InChI=1S/C15H19N3O/c1-9-6-5-7-10(2)15(9)18-11(3)8-13(19)14(17-18)12(4)16/h5-8,12H,16H2,1-4H3. The number of hydrogen-bond acceptors (Lipinski definition) is 3. The number of nitrogens with two attached hydrogens (primary N) is 1. The molecular formula is C15H19N3O. The zero-order valence-electron chi connectivity index (χ0n) is 11.8. The summed E-state index contributed by atoms with van der Waals surface area (Å²) < 4.78 is 1.81. The van der Waals surface area contributed by atoms with E-state index >= 15 is 0 Å². The van der Waals surface area contributed by atoms with Crippen molar-refractivity contribution in [2.24, 2.45) is 5.73 Å². The Hall–Kier alpha value is -1.94. The third-order valence-electron chi connectivity index (χ3n) is 3.22. The number of rotatable bonds is 2. The Labute approximate surface area is 112 Å². The lowest BCUT2D eigenvalue weighted by molar-refractivity contribution is 0.683. The van der Waals surface area contributed by atoms with Crippen molar-refractivity contribution >= 4 is 0 Å². The van der Waals surface area contributed by atoms with Crippen molar-refractivity contribution in [3.8, 4) is 5.69 Å². The minimum Gasteiger partial charge on any atom is -0.323 e. The summed E-state index contributed by atoms with van der Waals surface area (Å²) in [5, 5.41) is 4.44. The van der Waals surface area contributed by atoms with Gasteiger partial charge in [-0.2, -0.15) is 5.10 Å². The lowest BCUT2D eigenvalue weighted by Crippen LogP contribution is -2.24. The van der Waals surface area contributed by atoms with Gasteiger partial charge in [0.15, 0.2) is 0 Å². The Morgan fingerprint density at radius 3 is 2.32 bits per heavy atom. The first-order chi connectivity index (χ1) is 8.91. The Kier molecular flexibility index (Phi) is 3.53. The summed E-state index contributed by atoms with van der Waals surface area (Å²) in [7, 11) is 0. The van der Waals surface area contributed by atoms with Crippen LogP contribution in [0.3, 0.4) is 0 Å². The fourth-order valence-electron chi connectivity index (χ4n) is 2.24. The van der Waals surface area contributed by atoms with Crippen LogP contribution in [0.1, 0.15) is 35.5 Å². The topological polar surface area (TPSA) is 60.9 Å². The van der Waals surface area contributed by atoms with E-state index in [4.69, 9.17) is 5.73 Å². The molecule has 100 valence electrons. The van der Waals surface area contributed by atoms with E-state index in [9.17, 15) is 4.79 Å². The minimum absolute atomic E-state index is 0.102. The van der Waals surface area contributed by atoms with Gasteiger partial charge in [-0.25, -0.2) is 4.68 Å². The molecule has 0 saturated carbocycles. The maximum atomic E-state index is 11.9. The van der Waals surface area contributed by atoms with E-state index in [1.54, 1.807) is 13.0 Å². The molecule has 0 spiro atoms. The smallest absolute Gasteiger partial charge is 0.205 e. The highest BCUT2D eigenvalue weighted by molar-refractivity contribution is 5.47. The van der Waals surface area contributed by atoms with Crippen LogP contribution in [0.4, 0.5) is 0 Å². The van der Waals surface area contributed by atoms with Gasteiger partial charge in [0.25, 0.3) is 0 Å². The van der Waals surface area contributed by atoms with Crippen LogP contribution in [0.5, 0.6) is 0 Å². The molecule has 19 heavy (non-hydrogen) atoms. The Balaban J connectivity index is 2.76. The van der Waals surface area contributed by atoms with Gasteiger partial charge >= 0.3 is 0 Å². The monoisotopic (exact) mass is 257 g/mol. The van der Waals surface area contributed by atoms with Crippen LogP contribution in [0.2, 0.25) is 0 Å². The molecule has 0 aliphatic rings. The SMILES string of the molecule is Cc1cccc(C)c1-n1nc(C(C)N)c(=O)cc1C. The molecule has 0 aliphatic heterocycles. The van der Waals surface area contributed by atoms with E-state index in [0.29, 0.717) is 5.69 Å². The number of benzene rings is 1. The highest BCUT2D eigenvalue weighted by Crippen LogP contribution is 2.19. The molecule has 2 rings (SSSR count). The average Bonchev–Trinajstić information content (AvgIpc) is 2.30. The lowest BCUT2D eigenvalue weighted by Gasteiger charge is -2.16. The molecule has 1 aromatic heterocycles. The highest BCUT2D eigenvalue weighted by Gasteiger charge is 2.13. The molecule has 1 unspecified atom stereocenters. The maximum absolute atomic E-state index is 11.9. The molecule has 0 bridgehead atoms. The Morgan fingerprint density at radius 2 is 1.79 bits per heavy atom. The van der Waals surface area contributed by atoms with E-state index < -0.39 is 0 Å². The molecule has 1 atom stereocenters. The minimum atomic E-state index is -0.372. The van der Waals surface area contributed by atoms with E-state index in [0.717, 1.165) is 22.5 Å². The normalized spacial score (nSPS) is 12.5. The summed E-state index contributed by atoms with van der Waals surface area (Å²) in [6.07, 6.45) is 0. The van der Waals surface area contributed by atoms with Gasteiger partial charge in [0.05, 0.1) is 5.69 Å². The molecule has 1 aromatic carbocycles. The summed E-state index contributed by atoms with van der Waals surface area (Å²) in [5.74, 6) is 0. The molecular weight excluding hydrogens is 238 g/mol. The van der Waals surface area contributed by atoms with E-state index in [1.165, 1.54) is 0 Å². The van der Waals surface area contributed by atoms with Gasteiger partial charge in [-0.1, -0.05) is 18.2 Å². The zero-order valence-corrected chi connectivity index (χ0v) is 11.8. The molecule has 4 heteroatoms. The molecule has 2 aromatic rings. The molecule has 0 saturated heterocycles. The fraction of sp³-hybridized carbons (Fsp3) is 0.333. The lowest BCUT2D eigenvalue weighted by atomic mass is 10.1. The number of hydrogen-bond donors (Lipinski definition) is 1. The Bertz CT molecular complexity index is 651. The second kappa shape index (κ2) is 4.97. The van der Waals surface area contributed by atoms with E-state index in [1.807, 2.05) is 43.7 Å². The first kappa shape index (κ1) is 13.5. The van der Waals surface area contributed by atoms with Crippen molar-refractivity contribution < 1.29 is 0 Å². The predicted molar refractivity (Wildman–Crippen MR) is 76.6 cm³/mol. The molecule has 0 amide bonds. The summed E-state index contributed by atoms with van der Waals surface area (Å²) in [6.45, 7) is 7.72. The molecule has 4 nitrogen and oxygen atoms in total. The summed E-state index contributed by atoms with van der Waals surface area (Å²) in [6, 6.07) is 7.31. The van der Waals surface area contributed by atoms with Crippen LogP contribution in [0, 0.1) is 20.8 Å².